The van der Waals surface area contributed by atoms with E-state index in [1.54, 1.807) is 24.3 Å². The van der Waals surface area contributed by atoms with Crippen LogP contribution in [0.25, 0.3) is 0 Å². The van der Waals surface area contributed by atoms with Gasteiger partial charge in [-0.1, -0.05) is 44.8 Å². The number of unbranched alkanes of at least 4 members (excludes halogenated alkanes) is 2. The molecule has 1 aliphatic carbocycles. The molecule has 0 saturated heterocycles. The van der Waals surface area contributed by atoms with Gasteiger partial charge >= 0.3 is 5.97 Å². The number of ether oxygens (including phenoxy) is 2. The van der Waals surface area contributed by atoms with Crippen LogP contribution in [0.2, 0.25) is 0 Å². The highest BCUT2D eigenvalue weighted by molar-refractivity contribution is 5.91. The number of hydrogen-bond acceptors (Lipinski definition) is 4. The second kappa shape index (κ2) is 12.8. The van der Waals surface area contributed by atoms with Gasteiger partial charge in [-0.05, 0) is 80.0 Å². The molecule has 0 N–H and O–H groups in total. The van der Waals surface area contributed by atoms with E-state index in [1.165, 1.54) is 63.5 Å². The maximum atomic E-state index is 13.9. The molecule has 1 aliphatic rings. The van der Waals surface area contributed by atoms with Crippen molar-refractivity contribution in [3.63, 3.8) is 0 Å². The molecule has 0 amide bonds. The van der Waals surface area contributed by atoms with Crippen LogP contribution in [-0.4, -0.2) is 12.6 Å². The first-order valence-corrected chi connectivity index (χ1v) is 11.9. The normalized spacial score (nSPS) is 18.1. The number of halogens is 1. The number of nitriles is 1. The van der Waals surface area contributed by atoms with E-state index < -0.39 is 11.8 Å². The van der Waals surface area contributed by atoms with Crippen LogP contribution in [0.3, 0.4) is 0 Å². The zero-order valence-corrected chi connectivity index (χ0v) is 19.3. The fourth-order valence-electron chi connectivity index (χ4n) is 4.24. The fourth-order valence-corrected chi connectivity index (χ4v) is 4.24. The van der Waals surface area contributed by atoms with Crippen LogP contribution in [0.4, 0.5) is 4.39 Å². The number of carbonyl (C=O) groups is 1. The molecule has 1 saturated carbocycles. The summed E-state index contributed by atoms with van der Waals surface area (Å²) in [6, 6.07) is 12.1. The number of carbonyl (C=O) groups excluding carboxylic acids is 1. The number of esters is 1. The summed E-state index contributed by atoms with van der Waals surface area (Å²) in [5.41, 5.74) is 0.454. The highest BCUT2D eigenvalue weighted by atomic mass is 19.1. The van der Waals surface area contributed by atoms with Gasteiger partial charge in [-0.15, -0.1) is 0 Å². The summed E-state index contributed by atoms with van der Waals surface area (Å²) in [5, 5.41) is 8.78. The Bertz CT molecular complexity index is 970. The van der Waals surface area contributed by atoms with Crippen LogP contribution < -0.4 is 9.47 Å². The van der Waals surface area contributed by atoms with Crippen LogP contribution in [0.15, 0.2) is 54.6 Å². The Hall–Kier alpha value is -3.13. The lowest BCUT2D eigenvalue weighted by Crippen LogP contribution is -2.13. The predicted octanol–water partition coefficient (Wildman–Crippen LogP) is 7.24. The van der Waals surface area contributed by atoms with Gasteiger partial charge in [0.2, 0.25) is 0 Å². The Morgan fingerprint density at radius 2 is 1.88 bits per heavy atom. The molecule has 5 heteroatoms. The number of allylic oxidation sites excluding steroid dienone is 1. The van der Waals surface area contributed by atoms with Crippen LogP contribution in [0.5, 0.6) is 11.5 Å². The third-order valence-corrected chi connectivity index (χ3v) is 6.22. The second-order valence-corrected chi connectivity index (χ2v) is 8.69. The van der Waals surface area contributed by atoms with Crippen molar-refractivity contribution in [3.8, 4) is 17.6 Å². The first-order valence-electron chi connectivity index (χ1n) is 11.9. The highest BCUT2D eigenvalue weighted by Gasteiger charge is 2.19. The number of rotatable bonds is 10. The van der Waals surface area contributed by atoms with Crippen molar-refractivity contribution in [2.45, 2.75) is 58.3 Å². The van der Waals surface area contributed by atoms with Gasteiger partial charge in [0.15, 0.2) is 11.6 Å². The van der Waals surface area contributed by atoms with Gasteiger partial charge in [0.1, 0.15) is 12.4 Å². The van der Waals surface area contributed by atoms with E-state index in [1.807, 2.05) is 6.07 Å². The minimum atomic E-state index is -0.751. The molecule has 2 aromatic carbocycles. The smallest absolute Gasteiger partial charge is 0.343 e. The summed E-state index contributed by atoms with van der Waals surface area (Å²) >= 11 is 0. The van der Waals surface area contributed by atoms with E-state index in [-0.39, 0.29) is 16.9 Å². The van der Waals surface area contributed by atoms with Crippen molar-refractivity contribution < 1.29 is 18.7 Å². The van der Waals surface area contributed by atoms with E-state index in [0.29, 0.717) is 18.3 Å². The molecule has 0 aliphatic heterocycles. The minimum Gasteiger partial charge on any atom is -0.490 e. The quantitative estimate of drug-likeness (QED) is 0.166. The molecule has 0 heterocycles. The van der Waals surface area contributed by atoms with Crippen LogP contribution >= 0.6 is 0 Å². The molecule has 0 bridgehead atoms. The third kappa shape index (κ3) is 7.75. The van der Waals surface area contributed by atoms with Gasteiger partial charge < -0.3 is 9.47 Å². The van der Waals surface area contributed by atoms with E-state index in [4.69, 9.17) is 14.7 Å². The van der Waals surface area contributed by atoms with E-state index in [2.05, 4.69) is 19.1 Å². The Labute approximate surface area is 196 Å². The molecule has 0 aromatic heterocycles. The van der Waals surface area contributed by atoms with E-state index >= 15 is 0 Å². The van der Waals surface area contributed by atoms with E-state index in [0.717, 1.165) is 12.0 Å². The highest BCUT2D eigenvalue weighted by Crippen LogP contribution is 2.32. The molecule has 33 heavy (non-hydrogen) atoms. The summed E-state index contributed by atoms with van der Waals surface area (Å²) in [4.78, 5) is 12.3. The first kappa shape index (κ1) is 24.5. The molecule has 0 spiro atoms. The van der Waals surface area contributed by atoms with Crippen molar-refractivity contribution in [2.24, 2.45) is 11.8 Å². The Balaban J connectivity index is 1.40. The van der Waals surface area contributed by atoms with Gasteiger partial charge in [0, 0.05) is 0 Å². The van der Waals surface area contributed by atoms with Gasteiger partial charge in [-0.3, -0.25) is 0 Å². The largest absolute Gasteiger partial charge is 0.490 e. The van der Waals surface area contributed by atoms with Crippen molar-refractivity contribution in [3.05, 3.63) is 71.6 Å². The lowest BCUT2D eigenvalue weighted by molar-refractivity contribution is 0.0728. The standard InChI is InChI=1S/C28H32FNO3/c1-2-3-4-6-21-8-10-22(11-9-21)7-5-18-32-25-15-13-24(14-16-25)28(31)33-27-17-12-23(20-30)19-26(27)29/h5,7,12-17,19,21-22H,2-4,6,8-11,18H2,1H3/b7-5+. The number of nitrogens with zero attached hydrogens (tertiary/aromatic N) is 1. The fraction of sp³-hybridized carbons (Fsp3) is 0.429. The van der Waals surface area contributed by atoms with Gasteiger partial charge in [0.05, 0.1) is 17.2 Å². The average Bonchev–Trinajstić information content (AvgIpc) is 2.84. The molecule has 0 radical (unpaired) electrons. The van der Waals surface area contributed by atoms with Crippen molar-refractivity contribution in [1.29, 1.82) is 5.26 Å². The Kier molecular flexibility index (Phi) is 9.50. The molecule has 0 atom stereocenters. The van der Waals surface area contributed by atoms with Crippen LogP contribution in [0.1, 0.15) is 74.2 Å². The lowest BCUT2D eigenvalue weighted by atomic mass is 9.79. The van der Waals surface area contributed by atoms with E-state index in [9.17, 15) is 9.18 Å². The topological polar surface area (TPSA) is 59.3 Å². The average molecular weight is 450 g/mol. The monoisotopic (exact) mass is 449 g/mol. The third-order valence-electron chi connectivity index (χ3n) is 6.22. The second-order valence-electron chi connectivity index (χ2n) is 8.69. The van der Waals surface area contributed by atoms with Crippen LogP contribution in [-0.2, 0) is 0 Å². The maximum absolute atomic E-state index is 13.9. The molecular weight excluding hydrogens is 417 g/mol. The molecule has 3 rings (SSSR count). The lowest BCUT2D eigenvalue weighted by Gasteiger charge is -2.26. The molecule has 0 unspecified atom stereocenters. The summed E-state index contributed by atoms with van der Waals surface area (Å²) < 4.78 is 24.8. The minimum absolute atomic E-state index is 0.165. The number of benzene rings is 2. The molecule has 174 valence electrons. The van der Waals surface area contributed by atoms with Crippen molar-refractivity contribution in [2.75, 3.05) is 6.61 Å². The summed E-state index contributed by atoms with van der Waals surface area (Å²) in [6.45, 7) is 2.74. The van der Waals surface area contributed by atoms with Crippen molar-refractivity contribution >= 4 is 5.97 Å². The van der Waals surface area contributed by atoms with Gasteiger partial charge in [-0.2, -0.15) is 5.26 Å². The van der Waals surface area contributed by atoms with Gasteiger partial charge in [0.25, 0.3) is 0 Å². The SMILES string of the molecule is CCCCCC1CCC(/C=C/COc2ccc(C(=O)Oc3ccc(C#N)cc3F)cc2)CC1. The zero-order chi connectivity index (χ0) is 23.5. The first-order chi connectivity index (χ1) is 16.1. The summed E-state index contributed by atoms with van der Waals surface area (Å²) in [6.07, 6.45) is 15.0. The van der Waals surface area contributed by atoms with Crippen LogP contribution in [0, 0.1) is 29.0 Å². The molecular formula is C28H32FNO3. The number of hydrogen-bond donors (Lipinski definition) is 0. The summed E-state index contributed by atoms with van der Waals surface area (Å²) in [5.74, 6) is 0.584. The zero-order valence-electron chi connectivity index (χ0n) is 19.3. The molecule has 2 aromatic rings. The molecule has 1 fully saturated rings. The maximum Gasteiger partial charge on any atom is 0.343 e. The molecule has 4 nitrogen and oxygen atoms in total. The van der Waals surface area contributed by atoms with Crippen molar-refractivity contribution in [1.82, 2.24) is 0 Å². The predicted molar refractivity (Wildman–Crippen MR) is 127 cm³/mol. The Morgan fingerprint density at radius 3 is 2.55 bits per heavy atom. The Morgan fingerprint density at radius 1 is 1.12 bits per heavy atom. The van der Waals surface area contributed by atoms with Gasteiger partial charge in [-0.25, -0.2) is 9.18 Å². The summed E-state index contributed by atoms with van der Waals surface area (Å²) in [7, 11) is 0.